The summed E-state index contributed by atoms with van der Waals surface area (Å²) >= 11 is 1.37. The predicted octanol–water partition coefficient (Wildman–Crippen LogP) is 0.702. The third-order valence-electron chi connectivity index (χ3n) is 0.718. The van der Waals surface area contributed by atoms with Crippen LogP contribution in [0, 0.1) is 0 Å². The minimum Gasteiger partial charge on any atom is -0.477 e. The van der Waals surface area contributed by atoms with Crippen LogP contribution in [0.4, 0.5) is 0 Å². The Balaban J connectivity index is 2.57. The maximum Gasteiger partial charge on any atom is 0.341 e. The molecule has 1 N–H and O–H groups in total. The lowest BCUT2D eigenvalue weighted by atomic mass is 10.5. The Bertz CT molecular complexity index is 128. The minimum atomic E-state index is -0.795. The fourth-order valence-electron chi connectivity index (χ4n) is 0.316. The van der Waals surface area contributed by atoms with Crippen LogP contribution < -0.4 is 0 Å². The van der Waals surface area contributed by atoms with Crippen LogP contribution in [-0.4, -0.2) is 16.8 Å². The largest absolute Gasteiger partial charge is 0.477 e. The van der Waals surface area contributed by atoms with E-state index in [1.807, 2.05) is 0 Å². The quantitative estimate of drug-likeness (QED) is 0.548. The normalized spacial score (nSPS) is 17.4. The third-order valence-corrected chi connectivity index (χ3v) is 1.70. The molecule has 0 unspecified atom stereocenters. The molecular formula is C4H4O2S. The van der Waals surface area contributed by atoms with Crippen molar-refractivity contribution in [3.8, 4) is 0 Å². The maximum atomic E-state index is 9.89. The Kier molecular flexibility index (Phi) is 1.06. The van der Waals surface area contributed by atoms with E-state index < -0.39 is 5.97 Å². The molecule has 2 nitrogen and oxygen atoms in total. The summed E-state index contributed by atoms with van der Waals surface area (Å²) in [7, 11) is 0. The second-order valence-electron chi connectivity index (χ2n) is 1.18. The Morgan fingerprint density at radius 3 is 2.57 bits per heavy atom. The molecule has 1 rings (SSSR count). The lowest BCUT2D eigenvalue weighted by Gasteiger charge is -2.06. The average Bonchev–Trinajstić information content (AvgIpc) is 1.23. The molecule has 0 aromatic carbocycles. The topological polar surface area (TPSA) is 37.3 Å². The molecule has 0 radical (unpaired) electrons. The van der Waals surface area contributed by atoms with E-state index in [-0.39, 0.29) is 0 Å². The molecule has 0 bridgehead atoms. The fraction of sp³-hybridized carbons (Fsp3) is 0.250. The van der Waals surface area contributed by atoms with Gasteiger partial charge in [0.2, 0.25) is 0 Å². The summed E-state index contributed by atoms with van der Waals surface area (Å²) in [6.07, 6.45) is 1.70. The van der Waals surface area contributed by atoms with E-state index in [9.17, 15) is 4.79 Å². The summed E-state index contributed by atoms with van der Waals surface area (Å²) in [5, 5.41) is 8.14. The monoisotopic (exact) mass is 116 g/mol. The van der Waals surface area contributed by atoms with Gasteiger partial charge in [-0.3, -0.25) is 0 Å². The van der Waals surface area contributed by atoms with Crippen molar-refractivity contribution in [2.45, 2.75) is 0 Å². The zero-order chi connectivity index (χ0) is 5.28. The van der Waals surface area contributed by atoms with Gasteiger partial charge in [0.15, 0.2) is 0 Å². The van der Waals surface area contributed by atoms with Crippen molar-refractivity contribution < 1.29 is 9.90 Å². The highest BCUT2D eigenvalue weighted by atomic mass is 32.2. The van der Waals surface area contributed by atoms with Crippen molar-refractivity contribution in [3.05, 3.63) is 11.0 Å². The molecule has 0 amide bonds. The number of carboxylic acids is 1. The first-order chi connectivity index (χ1) is 3.30. The van der Waals surface area contributed by atoms with Crippen LogP contribution in [0.25, 0.3) is 0 Å². The van der Waals surface area contributed by atoms with Crippen molar-refractivity contribution in [1.82, 2.24) is 0 Å². The molecule has 0 aliphatic carbocycles. The zero-order valence-electron chi connectivity index (χ0n) is 3.55. The van der Waals surface area contributed by atoms with Gasteiger partial charge in [-0.05, 0) is 0 Å². The summed E-state index contributed by atoms with van der Waals surface area (Å²) in [5.41, 5.74) is 0. The minimum absolute atomic E-state index is 0.486. The van der Waals surface area contributed by atoms with E-state index in [4.69, 9.17) is 5.11 Å². The first-order valence-electron chi connectivity index (χ1n) is 1.87. The second-order valence-corrected chi connectivity index (χ2v) is 2.25. The van der Waals surface area contributed by atoms with Gasteiger partial charge in [0.25, 0.3) is 0 Å². The number of thioether (sulfide) groups is 1. The molecule has 0 spiro atoms. The standard InChI is InChI=1S/C4H4O2S/c5-4(6)3-1-2-7-3/h1H,2H2,(H,5,6). The Morgan fingerprint density at radius 1 is 2.00 bits per heavy atom. The molecule has 0 aromatic rings. The van der Waals surface area contributed by atoms with E-state index in [0.29, 0.717) is 4.91 Å². The number of carboxylic acid groups (broad SMARTS) is 1. The van der Waals surface area contributed by atoms with Crippen LogP contribution in [0.15, 0.2) is 11.0 Å². The smallest absolute Gasteiger partial charge is 0.341 e. The summed E-state index contributed by atoms with van der Waals surface area (Å²) in [5.74, 6) is 0.0676. The molecule has 0 saturated heterocycles. The number of aliphatic carboxylic acids is 1. The first kappa shape index (κ1) is 4.71. The molecule has 3 heteroatoms. The number of carbonyl (C=O) groups is 1. The SMILES string of the molecule is O=C(O)C1=CCS1. The van der Waals surface area contributed by atoms with Gasteiger partial charge in [0, 0.05) is 5.75 Å². The summed E-state index contributed by atoms with van der Waals surface area (Å²) in [6, 6.07) is 0. The van der Waals surface area contributed by atoms with Gasteiger partial charge in [0.1, 0.15) is 0 Å². The van der Waals surface area contributed by atoms with Gasteiger partial charge in [0.05, 0.1) is 4.91 Å². The highest BCUT2D eigenvalue weighted by Crippen LogP contribution is 2.24. The van der Waals surface area contributed by atoms with E-state index in [2.05, 4.69) is 0 Å². The van der Waals surface area contributed by atoms with Crippen LogP contribution in [0.1, 0.15) is 0 Å². The molecule has 1 heterocycles. The highest BCUT2D eigenvalue weighted by Gasteiger charge is 2.12. The second kappa shape index (κ2) is 1.58. The molecule has 1 aliphatic rings. The molecule has 0 aromatic heterocycles. The van der Waals surface area contributed by atoms with E-state index in [0.717, 1.165) is 5.75 Å². The van der Waals surface area contributed by atoms with Crippen molar-refractivity contribution in [1.29, 1.82) is 0 Å². The summed E-state index contributed by atoms with van der Waals surface area (Å²) in [4.78, 5) is 10.4. The Labute approximate surface area is 45.2 Å². The molecule has 7 heavy (non-hydrogen) atoms. The van der Waals surface area contributed by atoms with Crippen molar-refractivity contribution in [3.63, 3.8) is 0 Å². The van der Waals surface area contributed by atoms with Crippen molar-refractivity contribution in [2.75, 3.05) is 5.75 Å². The predicted molar refractivity (Wildman–Crippen MR) is 28.2 cm³/mol. The van der Waals surface area contributed by atoms with Crippen LogP contribution in [0.3, 0.4) is 0 Å². The fourth-order valence-corrected chi connectivity index (χ4v) is 0.773. The van der Waals surface area contributed by atoms with Gasteiger partial charge >= 0.3 is 5.97 Å². The maximum absolute atomic E-state index is 9.89. The van der Waals surface area contributed by atoms with Gasteiger partial charge in [-0.25, -0.2) is 4.79 Å². The van der Waals surface area contributed by atoms with Gasteiger partial charge in [-0.15, -0.1) is 11.8 Å². The van der Waals surface area contributed by atoms with Crippen LogP contribution >= 0.6 is 11.8 Å². The summed E-state index contributed by atoms with van der Waals surface area (Å²) < 4.78 is 0. The van der Waals surface area contributed by atoms with Gasteiger partial charge in [-0.1, -0.05) is 6.08 Å². The Morgan fingerprint density at radius 2 is 2.57 bits per heavy atom. The van der Waals surface area contributed by atoms with Crippen LogP contribution in [0.5, 0.6) is 0 Å². The average molecular weight is 116 g/mol. The van der Waals surface area contributed by atoms with Crippen molar-refractivity contribution in [2.24, 2.45) is 0 Å². The van der Waals surface area contributed by atoms with Crippen LogP contribution in [0.2, 0.25) is 0 Å². The first-order valence-corrected chi connectivity index (χ1v) is 2.85. The van der Waals surface area contributed by atoms with E-state index in [1.54, 1.807) is 6.08 Å². The number of rotatable bonds is 1. The molecule has 0 saturated carbocycles. The van der Waals surface area contributed by atoms with Crippen molar-refractivity contribution >= 4 is 17.7 Å². The molecule has 0 fully saturated rings. The third kappa shape index (κ3) is 0.771. The molecular weight excluding hydrogens is 112 g/mol. The number of hydrogen-bond donors (Lipinski definition) is 1. The van der Waals surface area contributed by atoms with Gasteiger partial charge < -0.3 is 5.11 Å². The molecule has 38 valence electrons. The molecule has 0 atom stereocenters. The number of hydrogen-bond acceptors (Lipinski definition) is 2. The Hall–Kier alpha value is -0.440. The zero-order valence-corrected chi connectivity index (χ0v) is 4.36. The molecule has 1 aliphatic heterocycles. The van der Waals surface area contributed by atoms with E-state index >= 15 is 0 Å². The highest BCUT2D eigenvalue weighted by molar-refractivity contribution is 8.05. The lowest BCUT2D eigenvalue weighted by Crippen LogP contribution is -2.03. The van der Waals surface area contributed by atoms with Gasteiger partial charge in [-0.2, -0.15) is 0 Å². The lowest BCUT2D eigenvalue weighted by molar-refractivity contribution is -0.131. The van der Waals surface area contributed by atoms with Crippen LogP contribution in [-0.2, 0) is 4.79 Å². The van der Waals surface area contributed by atoms with E-state index in [1.165, 1.54) is 11.8 Å². The summed E-state index contributed by atoms with van der Waals surface area (Å²) in [6.45, 7) is 0.